The van der Waals surface area contributed by atoms with Gasteiger partial charge >= 0.3 is 0 Å². The monoisotopic (exact) mass is 287 g/mol. The van der Waals surface area contributed by atoms with Crippen molar-refractivity contribution < 1.29 is 1.37 Å². The van der Waals surface area contributed by atoms with Crippen LogP contribution in [0.3, 0.4) is 0 Å². The lowest BCUT2D eigenvalue weighted by Gasteiger charge is -2.24. The number of rotatable bonds is 4. The van der Waals surface area contributed by atoms with E-state index in [4.69, 9.17) is 1.37 Å². The minimum absolute atomic E-state index is 0.250. The average molecular weight is 288 g/mol. The molecule has 0 bridgehead atoms. The molecule has 0 radical (unpaired) electrons. The second-order valence-electron chi connectivity index (χ2n) is 7.67. The Hall–Kier alpha value is -1.08. The summed E-state index contributed by atoms with van der Waals surface area (Å²) in [6.45, 7) is 15.7. The van der Waals surface area contributed by atoms with E-state index in [1.165, 1.54) is 0 Å². The van der Waals surface area contributed by atoms with Crippen molar-refractivity contribution in [2.45, 2.75) is 47.3 Å². The van der Waals surface area contributed by atoms with Crippen LogP contribution < -0.4 is 0 Å². The predicted molar refractivity (Wildman–Crippen MR) is 95.5 cm³/mol. The van der Waals surface area contributed by atoms with E-state index < -0.39 is 8.07 Å². The van der Waals surface area contributed by atoms with Gasteiger partial charge in [-0.3, -0.25) is 0 Å². The first-order valence-corrected chi connectivity index (χ1v) is 11.0. The zero-order valence-electron chi connectivity index (χ0n) is 15.1. The molecule has 20 heavy (non-hydrogen) atoms. The summed E-state index contributed by atoms with van der Waals surface area (Å²) in [5.74, 6) is 0.477. The molecular weight excluding hydrogens is 256 g/mol. The Balaban J connectivity index is 3.27. The summed E-state index contributed by atoms with van der Waals surface area (Å²) < 4.78 is 8.61. The maximum atomic E-state index is 8.61. The number of hydrogen-bond acceptors (Lipinski definition) is 0. The Bertz CT molecular complexity index is 513. The molecule has 0 saturated heterocycles. The summed E-state index contributed by atoms with van der Waals surface area (Å²) in [6.07, 6.45) is 4.43. The zero-order valence-corrected chi connectivity index (χ0v) is 15.1. The number of benzene rings is 1. The zero-order chi connectivity index (χ0) is 16.3. The SMILES string of the molecule is [2H]/C(=C(\C=C/[C@H](C)C(C)(C)C)c1ccccc1)[Si](C)(C)C. The van der Waals surface area contributed by atoms with Crippen LogP contribution >= 0.6 is 0 Å². The molecule has 1 aromatic rings. The average Bonchev–Trinajstić information content (AvgIpc) is 2.37. The van der Waals surface area contributed by atoms with E-state index in [0.29, 0.717) is 5.92 Å². The highest BCUT2D eigenvalue weighted by Crippen LogP contribution is 2.28. The van der Waals surface area contributed by atoms with Gasteiger partial charge in [-0.25, -0.2) is 0 Å². The van der Waals surface area contributed by atoms with E-state index in [9.17, 15) is 0 Å². The lowest BCUT2D eigenvalue weighted by atomic mass is 9.81. The molecule has 0 unspecified atom stereocenters. The third-order valence-electron chi connectivity index (χ3n) is 3.51. The van der Waals surface area contributed by atoms with Crippen molar-refractivity contribution >= 4 is 13.6 Å². The molecule has 0 aliphatic heterocycles. The van der Waals surface area contributed by atoms with Gasteiger partial charge in [0.15, 0.2) is 0 Å². The second-order valence-corrected chi connectivity index (χ2v) is 12.4. The minimum Gasteiger partial charge on any atom is -0.0873 e. The molecule has 0 nitrogen and oxygen atoms in total. The van der Waals surface area contributed by atoms with Gasteiger partial charge in [-0.15, -0.1) is 0 Å². The maximum absolute atomic E-state index is 8.61. The van der Waals surface area contributed by atoms with Crippen molar-refractivity contribution in [2.24, 2.45) is 11.3 Å². The van der Waals surface area contributed by atoms with Gasteiger partial charge in [-0.05, 0) is 22.5 Å². The van der Waals surface area contributed by atoms with Gasteiger partial charge in [0.1, 0.15) is 0 Å². The molecule has 1 aromatic carbocycles. The first-order chi connectivity index (χ1) is 9.53. The summed E-state index contributed by atoms with van der Waals surface area (Å²) in [5.41, 5.74) is 3.32. The van der Waals surface area contributed by atoms with Crippen molar-refractivity contribution in [2.75, 3.05) is 0 Å². The molecule has 0 saturated carbocycles. The molecule has 0 spiro atoms. The smallest absolute Gasteiger partial charge is 0.0695 e. The molecule has 1 heteroatoms. The van der Waals surface area contributed by atoms with Crippen LogP contribution in [-0.2, 0) is 0 Å². The van der Waals surface area contributed by atoms with Crippen LogP contribution in [0.1, 0.15) is 34.6 Å². The molecule has 1 atom stereocenters. The minimum atomic E-state index is -1.63. The van der Waals surface area contributed by atoms with Gasteiger partial charge in [0.05, 0.1) is 9.44 Å². The standard InChI is InChI=1S/C19H30Si/c1-16(19(2,3)4)13-14-18(15-20(5,6)7)17-11-9-8-10-12-17/h8-16H,1-7H3/b14-13-,18-15-/t16-/m0/s1/i15D. The number of hydrogen-bond donors (Lipinski definition) is 0. The van der Waals surface area contributed by atoms with Crippen LogP contribution in [0, 0.1) is 11.3 Å². The fraction of sp³-hybridized carbons (Fsp3) is 0.474. The summed E-state index contributed by atoms with van der Waals surface area (Å²) in [5, 5.41) is 0. The lowest BCUT2D eigenvalue weighted by Crippen LogP contribution is -2.17. The largest absolute Gasteiger partial charge is 0.0873 e. The topological polar surface area (TPSA) is 0 Å². The van der Waals surface area contributed by atoms with Gasteiger partial charge in [-0.1, -0.05) is 95.5 Å². The molecular formula is C19H30Si. The summed E-state index contributed by atoms with van der Waals surface area (Å²) >= 11 is 0. The van der Waals surface area contributed by atoms with Crippen molar-refractivity contribution in [3.63, 3.8) is 0 Å². The maximum Gasteiger partial charge on any atom is 0.0695 e. The Kier molecular flexibility index (Phi) is 5.04. The third-order valence-corrected chi connectivity index (χ3v) is 4.53. The Morgan fingerprint density at radius 1 is 1.15 bits per heavy atom. The molecule has 0 N–H and O–H groups in total. The highest BCUT2D eigenvalue weighted by molar-refractivity contribution is 6.81. The third kappa shape index (κ3) is 5.92. The van der Waals surface area contributed by atoms with Crippen LogP contribution in [0.25, 0.3) is 5.57 Å². The van der Waals surface area contributed by atoms with Crippen LogP contribution in [0.4, 0.5) is 0 Å². The highest BCUT2D eigenvalue weighted by Gasteiger charge is 2.17. The highest BCUT2D eigenvalue weighted by atomic mass is 28.3. The Morgan fingerprint density at radius 2 is 1.70 bits per heavy atom. The summed E-state index contributed by atoms with van der Waals surface area (Å²) in [4.78, 5) is 0. The van der Waals surface area contributed by atoms with Crippen LogP contribution in [0.2, 0.25) is 19.6 Å². The molecule has 0 fully saturated rings. The fourth-order valence-electron chi connectivity index (χ4n) is 1.76. The van der Waals surface area contributed by atoms with Crippen molar-refractivity contribution in [1.29, 1.82) is 0 Å². The lowest BCUT2D eigenvalue weighted by molar-refractivity contribution is 0.314. The predicted octanol–water partition coefficient (Wildman–Crippen LogP) is 6.19. The van der Waals surface area contributed by atoms with Gasteiger partial charge in [0, 0.05) is 0 Å². The van der Waals surface area contributed by atoms with Crippen molar-refractivity contribution in [3.05, 3.63) is 53.7 Å². The normalized spacial score (nSPS) is 16.9. The number of allylic oxidation sites excluding steroid dienone is 3. The van der Waals surface area contributed by atoms with E-state index in [-0.39, 0.29) is 5.41 Å². The van der Waals surface area contributed by atoms with E-state index in [1.807, 2.05) is 18.2 Å². The van der Waals surface area contributed by atoms with Gasteiger partial charge < -0.3 is 0 Å². The fourth-order valence-corrected chi connectivity index (χ4v) is 2.80. The van der Waals surface area contributed by atoms with Crippen LogP contribution in [0.5, 0.6) is 0 Å². The molecule has 0 aliphatic rings. The Labute approximate surface area is 128 Å². The molecule has 0 aliphatic carbocycles. The molecule has 110 valence electrons. The van der Waals surface area contributed by atoms with E-state index >= 15 is 0 Å². The summed E-state index contributed by atoms with van der Waals surface area (Å²) in [6, 6.07) is 10.3. The van der Waals surface area contributed by atoms with E-state index in [0.717, 1.165) is 16.8 Å². The van der Waals surface area contributed by atoms with Crippen LogP contribution in [-0.4, -0.2) is 8.07 Å². The van der Waals surface area contributed by atoms with Crippen molar-refractivity contribution in [1.82, 2.24) is 0 Å². The molecule has 1 rings (SSSR count). The van der Waals surface area contributed by atoms with Crippen molar-refractivity contribution in [3.8, 4) is 0 Å². The molecule has 0 heterocycles. The van der Waals surface area contributed by atoms with Gasteiger partial charge in [-0.2, -0.15) is 0 Å². The van der Waals surface area contributed by atoms with E-state index in [2.05, 4.69) is 71.6 Å². The van der Waals surface area contributed by atoms with Gasteiger partial charge in [0.25, 0.3) is 0 Å². The first-order valence-electron chi connectivity index (χ1n) is 7.98. The quantitative estimate of drug-likeness (QED) is 0.458. The van der Waals surface area contributed by atoms with Gasteiger partial charge in [0.2, 0.25) is 0 Å². The second kappa shape index (κ2) is 6.58. The summed E-state index contributed by atoms with van der Waals surface area (Å²) in [7, 11) is -1.63. The molecule has 0 amide bonds. The van der Waals surface area contributed by atoms with Crippen LogP contribution in [0.15, 0.2) is 48.2 Å². The first kappa shape index (κ1) is 15.3. The Morgan fingerprint density at radius 3 is 2.15 bits per heavy atom. The van der Waals surface area contributed by atoms with E-state index in [1.54, 1.807) is 0 Å². The molecule has 0 aromatic heterocycles.